The van der Waals surface area contributed by atoms with Gasteiger partial charge in [-0.1, -0.05) is 136 Å². The minimum absolute atomic E-state index is 0. The lowest BCUT2D eigenvalue weighted by Crippen LogP contribution is -3.00. The number of carboxylic acids is 2. The van der Waals surface area contributed by atoms with Gasteiger partial charge in [-0.05, 0) is 40.0 Å². The van der Waals surface area contributed by atoms with E-state index in [9.17, 15) is 24.6 Å². The highest BCUT2D eigenvalue weighted by atomic mass is 35.5. The predicted octanol–water partition coefficient (Wildman–Crippen LogP) is 6.62. The van der Waals surface area contributed by atoms with Gasteiger partial charge in [-0.3, -0.25) is 9.59 Å². The zero-order valence-corrected chi connectivity index (χ0v) is 30.9. The van der Waals surface area contributed by atoms with E-state index < -0.39 is 17.5 Å². The van der Waals surface area contributed by atoms with Crippen LogP contribution in [-0.2, 0) is 14.4 Å². The van der Waals surface area contributed by atoms with Gasteiger partial charge in [0.15, 0.2) is 6.54 Å². The third kappa shape index (κ3) is 19.8. The van der Waals surface area contributed by atoms with Crippen LogP contribution in [0, 0.1) is 0 Å². The van der Waals surface area contributed by atoms with E-state index in [4.69, 9.17) is 0 Å². The number of nitrogens with zero attached hydrogens (tertiary/aromatic N) is 2. The van der Waals surface area contributed by atoms with Gasteiger partial charge in [-0.2, -0.15) is 0 Å². The minimum Gasteiger partial charge on any atom is -1.00 e. The van der Waals surface area contributed by atoms with Crippen LogP contribution in [0.5, 0.6) is 0 Å². The second kappa shape index (κ2) is 28.8. The number of aliphatic carboxylic acids is 2. The minimum atomic E-state index is -1.47. The van der Waals surface area contributed by atoms with Gasteiger partial charge < -0.3 is 32.0 Å². The number of hydrogen-bond donors (Lipinski definition) is 2. The predicted molar refractivity (Wildman–Crippen MR) is 184 cm³/mol. The van der Waals surface area contributed by atoms with Crippen LogP contribution in [0.3, 0.4) is 0 Å². The molecule has 2 N–H and O–H groups in total. The Labute approximate surface area is 284 Å². The Balaban J connectivity index is 0. The fourth-order valence-corrected chi connectivity index (χ4v) is 6.66. The lowest BCUT2D eigenvalue weighted by Gasteiger charge is -2.43. The van der Waals surface area contributed by atoms with E-state index in [2.05, 4.69) is 34.6 Å². The second-order valence-corrected chi connectivity index (χ2v) is 13.3. The van der Waals surface area contributed by atoms with E-state index in [1.54, 1.807) is 4.90 Å². The number of carboxylic acid groups (broad SMARTS) is 2. The van der Waals surface area contributed by atoms with Crippen molar-refractivity contribution in [3.63, 3.8) is 0 Å². The maximum absolute atomic E-state index is 14.1. The Hall–Kier alpha value is -1.34. The molecule has 0 heterocycles. The second-order valence-electron chi connectivity index (χ2n) is 13.3. The number of carbonyl (C=O) groups excluding carboxylic acids is 1. The van der Waals surface area contributed by atoms with Crippen LogP contribution in [0.1, 0.15) is 182 Å². The van der Waals surface area contributed by atoms with Crippen LogP contribution in [0.2, 0.25) is 0 Å². The molecule has 0 aliphatic carbocycles. The third-order valence-corrected chi connectivity index (χ3v) is 10.1. The Morgan fingerprint density at radius 1 is 0.556 bits per heavy atom. The van der Waals surface area contributed by atoms with Crippen molar-refractivity contribution in [3.8, 4) is 0 Å². The summed E-state index contributed by atoms with van der Waals surface area (Å²) >= 11 is 0. The normalized spacial score (nSPS) is 12.8. The van der Waals surface area contributed by atoms with Gasteiger partial charge in [0.25, 0.3) is 5.91 Å². The maximum atomic E-state index is 14.1. The van der Waals surface area contributed by atoms with Crippen molar-refractivity contribution in [1.82, 2.24) is 4.90 Å². The summed E-state index contributed by atoms with van der Waals surface area (Å²) in [5, 5.41) is 20.3. The Kier molecular flexibility index (Phi) is 29.3. The number of quaternary nitrogens is 1. The average molecular weight is 661 g/mol. The molecule has 8 heteroatoms. The van der Waals surface area contributed by atoms with Crippen molar-refractivity contribution in [2.75, 3.05) is 32.7 Å². The molecule has 0 rings (SSSR count). The summed E-state index contributed by atoms with van der Waals surface area (Å²) in [6.07, 6.45) is 23.1. The average Bonchev–Trinajstić information content (AvgIpc) is 3.01. The van der Waals surface area contributed by atoms with Crippen LogP contribution >= 0.6 is 0 Å². The molecule has 0 aromatic rings. The van der Waals surface area contributed by atoms with Crippen molar-refractivity contribution >= 4 is 17.8 Å². The molecule has 1 atom stereocenters. The van der Waals surface area contributed by atoms with E-state index in [1.807, 2.05) is 0 Å². The van der Waals surface area contributed by atoms with Crippen LogP contribution in [0.15, 0.2) is 0 Å². The first-order valence-corrected chi connectivity index (χ1v) is 18.8. The first-order chi connectivity index (χ1) is 21.2. The SMILES string of the molecule is CCCCCCCCCCCCN(C(=O)C[N+](CC)(CC)CC)[C@](CCCCCCCCCCCC)(CCC(=O)O)C(=O)O.[Cl-]. The van der Waals surface area contributed by atoms with Crippen LogP contribution in [-0.4, -0.2) is 75.7 Å². The Morgan fingerprint density at radius 2 is 0.933 bits per heavy atom. The summed E-state index contributed by atoms with van der Waals surface area (Å²) in [4.78, 5) is 40.6. The molecule has 268 valence electrons. The molecule has 0 saturated heterocycles. The van der Waals surface area contributed by atoms with Gasteiger partial charge in [0, 0.05) is 13.0 Å². The molecule has 45 heavy (non-hydrogen) atoms. The lowest BCUT2D eigenvalue weighted by atomic mass is 9.84. The lowest BCUT2D eigenvalue weighted by molar-refractivity contribution is -0.916. The van der Waals surface area contributed by atoms with Crippen molar-refractivity contribution in [2.24, 2.45) is 0 Å². The van der Waals surface area contributed by atoms with Gasteiger partial charge in [-0.15, -0.1) is 0 Å². The molecular weight excluding hydrogens is 588 g/mol. The van der Waals surface area contributed by atoms with E-state index in [1.165, 1.54) is 83.5 Å². The number of halogens is 1. The number of carbonyl (C=O) groups is 3. The molecule has 0 radical (unpaired) electrons. The zero-order valence-electron chi connectivity index (χ0n) is 30.2. The molecule has 0 spiro atoms. The summed E-state index contributed by atoms with van der Waals surface area (Å²) in [7, 11) is 0. The van der Waals surface area contributed by atoms with Gasteiger partial charge in [0.05, 0.1) is 19.6 Å². The summed E-state index contributed by atoms with van der Waals surface area (Å²) in [5.74, 6) is -2.19. The van der Waals surface area contributed by atoms with E-state index in [0.29, 0.717) is 23.9 Å². The first kappa shape index (κ1) is 45.8. The quantitative estimate of drug-likeness (QED) is 0.0625. The molecule has 0 aliphatic heterocycles. The summed E-state index contributed by atoms with van der Waals surface area (Å²) in [5.41, 5.74) is -1.47. The largest absolute Gasteiger partial charge is 1.00 e. The van der Waals surface area contributed by atoms with E-state index in [0.717, 1.165) is 58.2 Å². The van der Waals surface area contributed by atoms with Crippen molar-refractivity contribution in [1.29, 1.82) is 0 Å². The Morgan fingerprint density at radius 3 is 1.29 bits per heavy atom. The van der Waals surface area contributed by atoms with E-state index in [-0.39, 0.29) is 37.7 Å². The fourth-order valence-electron chi connectivity index (χ4n) is 6.66. The van der Waals surface area contributed by atoms with Gasteiger partial charge in [-0.25, -0.2) is 4.79 Å². The number of rotatable bonds is 32. The molecular formula is C37H73ClN2O5. The van der Waals surface area contributed by atoms with Crippen molar-refractivity contribution in [2.45, 2.75) is 188 Å². The first-order valence-electron chi connectivity index (χ1n) is 18.8. The molecule has 0 unspecified atom stereocenters. The summed E-state index contributed by atoms with van der Waals surface area (Å²) in [6.45, 7) is 13.8. The Bertz CT molecular complexity index is 738. The molecule has 0 bridgehead atoms. The number of unbranched alkanes of at least 4 members (excludes halogenated alkanes) is 18. The highest BCUT2D eigenvalue weighted by molar-refractivity contribution is 5.88. The van der Waals surface area contributed by atoms with Gasteiger partial charge >= 0.3 is 11.9 Å². The number of hydrogen-bond acceptors (Lipinski definition) is 3. The van der Waals surface area contributed by atoms with Crippen LogP contribution < -0.4 is 12.4 Å². The molecule has 1 amide bonds. The topological polar surface area (TPSA) is 94.9 Å². The van der Waals surface area contributed by atoms with Crippen LogP contribution in [0.4, 0.5) is 0 Å². The van der Waals surface area contributed by atoms with Gasteiger partial charge in [0.2, 0.25) is 0 Å². The standard InChI is InChI=1S/C37H72N2O5.ClH/c1-6-11-13-15-17-19-21-23-25-27-30-37(36(43)44,31-29-35(41)42)38(34(40)33-39(8-3,9-4)10-5)32-28-26-24-22-20-18-16-14-12-7-2;/h6-33H2,1-5H3,(H-,41,42,43,44);1H/t37-;/m1./s1. The van der Waals surface area contributed by atoms with Crippen LogP contribution in [0.25, 0.3) is 0 Å². The highest BCUT2D eigenvalue weighted by Gasteiger charge is 2.47. The summed E-state index contributed by atoms with van der Waals surface area (Å²) in [6, 6.07) is 0. The molecule has 0 aliphatic rings. The zero-order chi connectivity index (χ0) is 33.1. The van der Waals surface area contributed by atoms with Crippen molar-refractivity contribution in [3.05, 3.63) is 0 Å². The number of amides is 1. The molecule has 0 fully saturated rings. The smallest absolute Gasteiger partial charge is 0.329 e. The summed E-state index contributed by atoms with van der Waals surface area (Å²) < 4.78 is 0.611. The third-order valence-electron chi connectivity index (χ3n) is 10.1. The molecule has 7 nitrogen and oxygen atoms in total. The molecule has 0 aromatic carbocycles. The number of likely N-dealkylation sites (N-methyl/N-ethyl adjacent to an activating group) is 1. The van der Waals surface area contributed by atoms with Crippen molar-refractivity contribution < 1.29 is 41.5 Å². The molecule has 0 aromatic heterocycles. The van der Waals surface area contributed by atoms with E-state index >= 15 is 0 Å². The monoisotopic (exact) mass is 661 g/mol. The van der Waals surface area contributed by atoms with Gasteiger partial charge in [0.1, 0.15) is 5.54 Å². The highest BCUT2D eigenvalue weighted by Crippen LogP contribution is 2.31. The fraction of sp³-hybridized carbons (Fsp3) is 0.919. The molecule has 0 saturated carbocycles. The maximum Gasteiger partial charge on any atom is 0.329 e.